The molecule has 8 rings (SSSR count). The lowest BCUT2D eigenvalue weighted by Crippen LogP contribution is -2.26. The van der Waals surface area contributed by atoms with Crippen LogP contribution < -0.4 is 0 Å². The van der Waals surface area contributed by atoms with Gasteiger partial charge >= 0.3 is 0 Å². The predicted octanol–water partition coefficient (Wildman–Crippen LogP) is 5.11. The molecule has 4 aromatic rings. The first-order chi connectivity index (χ1) is 14.8. The monoisotopic (exact) mass is 414 g/mol. The first kappa shape index (κ1) is 20.2. The fraction of sp³-hybridized carbons (Fsp3) is 0.259. The molecule has 0 radical (unpaired) electrons. The molecule has 0 spiro atoms. The van der Waals surface area contributed by atoms with Gasteiger partial charge in [-0.05, 0) is 59.0 Å². The molecule has 0 saturated carbocycles. The van der Waals surface area contributed by atoms with E-state index < -0.39 is 11.6 Å². The zero-order valence-corrected chi connectivity index (χ0v) is 17.8. The number of hydrogen-bond donors (Lipinski definition) is 2. The van der Waals surface area contributed by atoms with E-state index in [1.807, 2.05) is 66.7 Å². The van der Waals surface area contributed by atoms with Crippen molar-refractivity contribution in [3.8, 4) is 0 Å². The second kappa shape index (κ2) is 7.43. The van der Waals surface area contributed by atoms with Crippen LogP contribution in [0.25, 0.3) is 21.5 Å². The van der Waals surface area contributed by atoms with E-state index in [4.69, 9.17) is 9.47 Å². The van der Waals surface area contributed by atoms with Crippen LogP contribution in [0.4, 0.5) is 0 Å². The summed E-state index contributed by atoms with van der Waals surface area (Å²) in [5.41, 5.74) is 3.52. The Morgan fingerprint density at radius 2 is 1.48 bits per heavy atom. The van der Waals surface area contributed by atoms with E-state index in [2.05, 4.69) is 6.07 Å². The number of hydrogen-bond acceptors (Lipinski definition) is 4. The van der Waals surface area contributed by atoms with Crippen molar-refractivity contribution in [3.63, 3.8) is 0 Å². The maximum Gasteiger partial charge on any atom is 0.190 e. The molecule has 4 aliphatic rings. The summed E-state index contributed by atoms with van der Waals surface area (Å²) in [5, 5.41) is 26.2. The summed E-state index contributed by atoms with van der Waals surface area (Å²) in [4.78, 5) is 0. The lowest BCUT2D eigenvalue weighted by atomic mass is 9.96. The molecule has 4 nitrogen and oxygen atoms in total. The lowest BCUT2D eigenvalue weighted by molar-refractivity contribution is -0.205. The highest BCUT2D eigenvalue weighted by Crippen LogP contribution is 2.33. The van der Waals surface area contributed by atoms with Crippen molar-refractivity contribution in [2.75, 3.05) is 6.61 Å². The van der Waals surface area contributed by atoms with Gasteiger partial charge in [0.15, 0.2) is 11.6 Å². The first-order valence-electron chi connectivity index (χ1n) is 10.6. The van der Waals surface area contributed by atoms with Gasteiger partial charge in [0.05, 0.1) is 13.2 Å². The van der Waals surface area contributed by atoms with Gasteiger partial charge in [-0.25, -0.2) is 0 Å². The third-order valence-electron chi connectivity index (χ3n) is 6.23. The molecule has 4 aromatic carbocycles. The molecule has 0 saturated heterocycles. The van der Waals surface area contributed by atoms with Crippen molar-refractivity contribution in [1.29, 1.82) is 0 Å². The fourth-order valence-corrected chi connectivity index (χ4v) is 4.41. The van der Waals surface area contributed by atoms with Gasteiger partial charge in [-0.2, -0.15) is 0 Å². The van der Waals surface area contributed by atoms with Crippen molar-refractivity contribution in [1.82, 2.24) is 0 Å². The molecule has 4 heterocycles. The summed E-state index contributed by atoms with van der Waals surface area (Å²) in [6.07, 6.45) is 0.668. The molecule has 2 N–H and O–H groups in total. The topological polar surface area (TPSA) is 58.9 Å². The largest absolute Gasteiger partial charge is 0.362 e. The van der Waals surface area contributed by atoms with Gasteiger partial charge in [-0.15, -0.1) is 0 Å². The molecule has 0 fully saturated rings. The van der Waals surface area contributed by atoms with Crippen molar-refractivity contribution >= 4 is 21.5 Å². The molecular weight excluding hydrogens is 388 g/mol. The zero-order chi connectivity index (χ0) is 21.6. The smallest absolute Gasteiger partial charge is 0.190 e. The van der Waals surface area contributed by atoms with Gasteiger partial charge in [-0.3, -0.25) is 0 Å². The molecule has 0 aliphatic carbocycles. The second-order valence-corrected chi connectivity index (χ2v) is 8.57. The van der Waals surface area contributed by atoms with E-state index in [0.29, 0.717) is 18.6 Å². The van der Waals surface area contributed by atoms with E-state index >= 15 is 0 Å². The van der Waals surface area contributed by atoms with Crippen LogP contribution in [0, 0.1) is 0 Å². The third-order valence-corrected chi connectivity index (χ3v) is 6.23. The number of benzene rings is 4. The lowest BCUT2D eigenvalue weighted by Gasteiger charge is -2.26. The summed E-state index contributed by atoms with van der Waals surface area (Å²) in [5.74, 6) is -2.83. The zero-order valence-electron chi connectivity index (χ0n) is 17.8. The van der Waals surface area contributed by atoms with Crippen LogP contribution in [-0.4, -0.2) is 16.8 Å². The SMILES string of the molecule is CC1(O)OCCc2ccc3c(cccc3c2)[C@](C)(O)OCc2cccc3cc1ccc23. The van der Waals surface area contributed by atoms with E-state index in [1.165, 1.54) is 0 Å². The molecule has 8 bridgehead atoms. The Bertz CT molecular complexity index is 1270. The predicted molar refractivity (Wildman–Crippen MR) is 121 cm³/mol. The van der Waals surface area contributed by atoms with E-state index in [-0.39, 0.29) is 6.61 Å². The highest BCUT2D eigenvalue weighted by Gasteiger charge is 2.28. The quantitative estimate of drug-likeness (QED) is 0.420. The Morgan fingerprint density at radius 3 is 2.32 bits per heavy atom. The minimum Gasteiger partial charge on any atom is -0.362 e. The highest BCUT2D eigenvalue weighted by atomic mass is 16.6. The average Bonchev–Trinajstić information content (AvgIpc) is 2.76. The molecule has 4 aliphatic heterocycles. The maximum atomic E-state index is 11.2. The van der Waals surface area contributed by atoms with Crippen LogP contribution in [0.1, 0.15) is 36.1 Å². The van der Waals surface area contributed by atoms with Crippen LogP contribution in [0.3, 0.4) is 0 Å². The average molecular weight is 415 g/mol. The van der Waals surface area contributed by atoms with E-state index in [0.717, 1.165) is 38.2 Å². The van der Waals surface area contributed by atoms with E-state index in [1.54, 1.807) is 13.8 Å². The molecule has 158 valence electrons. The summed E-state index contributed by atoms with van der Waals surface area (Å²) < 4.78 is 12.0. The van der Waals surface area contributed by atoms with Crippen molar-refractivity contribution < 1.29 is 19.7 Å². The minimum absolute atomic E-state index is 0.255. The molecular formula is C27H26O4. The van der Waals surface area contributed by atoms with Crippen LogP contribution >= 0.6 is 0 Å². The van der Waals surface area contributed by atoms with Gasteiger partial charge < -0.3 is 19.7 Å². The Kier molecular flexibility index (Phi) is 4.83. The van der Waals surface area contributed by atoms with Crippen LogP contribution in [0.5, 0.6) is 0 Å². The molecule has 1 unspecified atom stereocenters. The normalized spacial score (nSPS) is 24.4. The minimum atomic E-state index is -1.44. The molecule has 2 atom stereocenters. The van der Waals surface area contributed by atoms with Gasteiger partial charge in [0.25, 0.3) is 0 Å². The van der Waals surface area contributed by atoms with Gasteiger partial charge in [0.1, 0.15) is 0 Å². The second-order valence-electron chi connectivity index (χ2n) is 8.57. The summed E-state index contributed by atoms with van der Waals surface area (Å²) in [7, 11) is 0. The first-order valence-corrected chi connectivity index (χ1v) is 10.6. The molecule has 31 heavy (non-hydrogen) atoms. The van der Waals surface area contributed by atoms with Gasteiger partial charge in [0.2, 0.25) is 0 Å². The Hall–Kier alpha value is -2.76. The molecule has 4 heteroatoms. The number of rotatable bonds is 0. The maximum absolute atomic E-state index is 11.2. The van der Waals surface area contributed by atoms with E-state index in [9.17, 15) is 10.2 Å². The van der Waals surface area contributed by atoms with Crippen molar-refractivity contribution in [2.24, 2.45) is 0 Å². The molecule has 0 amide bonds. The Labute approximate surface area is 181 Å². The van der Waals surface area contributed by atoms with Gasteiger partial charge in [-0.1, -0.05) is 66.7 Å². The van der Waals surface area contributed by atoms with Crippen molar-refractivity contribution in [2.45, 2.75) is 38.4 Å². The summed E-state index contributed by atoms with van der Waals surface area (Å²) in [6, 6.07) is 23.8. The Morgan fingerprint density at radius 1 is 0.742 bits per heavy atom. The van der Waals surface area contributed by atoms with Gasteiger partial charge in [0, 0.05) is 11.1 Å². The summed E-state index contributed by atoms with van der Waals surface area (Å²) in [6.45, 7) is 4.01. The molecule has 0 aromatic heterocycles. The third kappa shape index (κ3) is 3.73. The van der Waals surface area contributed by atoms with Crippen molar-refractivity contribution in [3.05, 3.63) is 95.1 Å². The van der Waals surface area contributed by atoms with Crippen LogP contribution in [0.15, 0.2) is 72.8 Å². The Balaban J connectivity index is 1.66. The standard InChI is InChI=1S/C27H26O4/c1-26(28)22-10-12-23-20(16-22)5-3-7-21(23)17-31-27(2,29)25-8-4-6-19-15-18(13-14-30-26)9-11-24(19)25/h3-12,15-16,28-29H,13-14,17H2,1-2H3/t26?,27-/m1/s1. The fourth-order valence-electron chi connectivity index (χ4n) is 4.41. The van der Waals surface area contributed by atoms with Crippen LogP contribution in [-0.2, 0) is 34.1 Å². The summed E-state index contributed by atoms with van der Waals surface area (Å²) >= 11 is 0. The number of ether oxygens (including phenoxy) is 2. The number of aliphatic hydroxyl groups is 2. The highest BCUT2D eigenvalue weighted by molar-refractivity contribution is 5.87. The van der Waals surface area contributed by atoms with Crippen LogP contribution in [0.2, 0.25) is 0 Å².